The molecule has 2 heterocycles. The van der Waals surface area contributed by atoms with Crippen LogP contribution >= 0.6 is 0 Å². The number of aliphatic hydroxyl groups is 2. The Morgan fingerprint density at radius 2 is 1.81 bits per heavy atom. The summed E-state index contributed by atoms with van der Waals surface area (Å²) in [6, 6.07) is -2.72. The molecule has 11 N–H and O–H groups in total. The Balaban J connectivity index is 1.69. The van der Waals surface area contributed by atoms with Crippen LogP contribution in [-0.2, 0) is 18.9 Å². The van der Waals surface area contributed by atoms with Crippen LogP contribution in [0.1, 0.15) is 19.8 Å². The molecule has 0 spiro atoms. The van der Waals surface area contributed by atoms with Gasteiger partial charge in [-0.15, -0.1) is 0 Å². The Bertz CT molecular complexity index is 643. The van der Waals surface area contributed by atoms with E-state index in [4.69, 9.17) is 41.9 Å². The lowest BCUT2D eigenvalue weighted by atomic mass is 9.85. The summed E-state index contributed by atoms with van der Waals surface area (Å²) >= 11 is 0. The van der Waals surface area contributed by atoms with E-state index < -0.39 is 66.8 Å². The van der Waals surface area contributed by atoms with E-state index in [-0.39, 0.29) is 19.6 Å². The Morgan fingerprint density at radius 3 is 2.39 bits per heavy atom. The third-order valence-corrected chi connectivity index (χ3v) is 6.18. The Kier molecular flexibility index (Phi) is 7.90. The molecule has 1 saturated carbocycles. The van der Waals surface area contributed by atoms with Gasteiger partial charge in [0.1, 0.15) is 29.7 Å². The van der Waals surface area contributed by atoms with Crippen molar-refractivity contribution in [2.45, 2.75) is 86.6 Å². The van der Waals surface area contributed by atoms with Crippen molar-refractivity contribution in [2.75, 3.05) is 20.2 Å². The zero-order chi connectivity index (χ0) is 22.9. The average Bonchev–Trinajstić information content (AvgIpc) is 2.71. The van der Waals surface area contributed by atoms with Gasteiger partial charge < -0.3 is 57.4 Å². The van der Waals surface area contributed by atoms with Crippen LogP contribution < -0.4 is 28.3 Å². The first-order valence-corrected chi connectivity index (χ1v) is 10.6. The van der Waals surface area contributed by atoms with E-state index >= 15 is 4.39 Å². The maximum absolute atomic E-state index is 15.5. The van der Waals surface area contributed by atoms with Crippen LogP contribution in [0.5, 0.6) is 0 Å². The summed E-state index contributed by atoms with van der Waals surface area (Å²) in [6.07, 6.45) is -4.87. The quantitative estimate of drug-likeness (QED) is 0.220. The first-order chi connectivity index (χ1) is 14.6. The van der Waals surface area contributed by atoms with E-state index in [0.29, 0.717) is 12.2 Å². The van der Waals surface area contributed by atoms with E-state index in [1.54, 1.807) is 13.1 Å². The molecule has 0 aromatic rings. The van der Waals surface area contributed by atoms with Gasteiger partial charge in [0, 0.05) is 12.1 Å². The SMILES string of the molecule is CNC1C(O)C(OC2C(N)CC(N)C(OC3OC(CN)=CCC3N)C2F)OCC1(C)O. The van der Waals surface area contributed by atoms with Gasteiger partial charge in [0.15, 0.2) is 12.5 Å². The Hall–Kier alpha value is -0.930. The van der Waals surface area contributed by atoms with Crippen LogP contribution in [-0.4, -0.2) is 97.2 Å². The van der Waals surface area contributed by atoms with Crippen LogP contribution in [0.3, 0.4) is 0 Å². The molecule has 11 unspecified atom stereocenters. The molecular weight excluding hydrogens is 413 g/mol. The number of nitrogens with one attached hydrogen (secondary N) is 1. The second-order valence-electron chi connectivity index (χ2n) is 8.76. The fourth-order valence-electron chi connectivity index (χ4n) is 4.39. The van der Waals surface area contributed by atoms with Crippen molar-refractivity contribution >= 4 is 0 Å². The number of nitrogens with two attached hydrogens (primary N) is 4. The normalized spacial score (nSPS) is 48.7. The summed E-state index contributed by atoms with van der Waals surface area (Å²) in [7, 11) is 1.59. The Labute approximate surface area is 181 Å². The van der Waals surface area contributed by atoms with Gasteiger partial charge in [-0.3, -0.25) is 0 Å². The van der Waals surface area contributed by atoms with Crippen molar-refractivity contribution in [3.63, 3.8) is 0 Å². The molecule has 0 aromatic carbocycles. The maximum Gasteiger partial charge on any atom is 0.215 e. The first-order valence-electron chi connectivity index (χ1n) is 10.6. The molecule has 0 radical (unpaired) electrons. The molecule has 180 valence electrons. The van der Waals surface area contributed by atoms with Gasteiger partial charge in [-0.25, -0.2) is 4.39 Å². The number of likely N-dealkylation sites (N-methyl/N-ethyl adjacent to an activating group) is 1. The molecule has 2 fully saturated rings. The van der Waals surface area contributed by atoms with Gasteiger partial charge in [-0.2, -0.15) is 0 Å². The Morgan fingerprint density at radius 1 is 1.19 bits per heavy atom. The molecule has 0 amide bonds. The number of hydrogen-bond donors (Lipinski definition) is 7. The summed E-state index contributed by atoms with van der Waals surface area (Å²) < 4.78 is 38.2. The zero-order valence-electron chi connectivity index (χ0n) is 17.9. The lowest BCUT2D eigenvalue weighted by molar-refractivity contribution is -0.297. The van der Waals surface area contributed by atoms with Gasteiger partial charge in [-0.05, 0) is 32.9 Å². The predicted octanol–water partition coefficient (Wildman–Crippen LogP) is -2.87. The lowest BCUT2D eigenvalue weighted by Crippen LogP contribution is -2.68. The standard InChI is InChI=1S/C19H36FN5O6/c1-19(27)7-28-18(13(26)16(19)25-2)31-15-11(24)5-10(23)14(12(15)20)30-17-9(22)4-3-8(6-21)29-17/h3,9-18,25-27H,4-7,21-24H2,1-2H3. The third-order valence-electron chi connectivity index (χ3n) is 6.18. The second kappa shape index (κ2) is 9.91. The molecule has 1 saturated heterocycles. The van der Waals surface area contributed by atoms with Crippen molar-refractivity contribution in [1.82, 2.24) is 5.32 Å². The van der Waals surface area contributed by atoms with Crippen LogP contribution in [0.15, 0.2) is 11.8 Å². The number of ether oxygens (including phenoxy) is 4. The molecule has 31 heavy (non-hydrogen) atoms. The van der Waals surface area contributed by atoms with Crippen molar-refractivity contribution in [1.29, 1.82) is 0 Å². The fourth-order valence-corrected chi connectivity index (χ4v) is 4.39. The van der Waals surface area contributed by atoms with Gasteiger partial charge in [0.2, 0.25) is 6.29 Å². The highest BCUT2D eigenvalue weighted by atomic mass is 19.1. The number of hydrogen-bond acceptors (Lipinski definition) is 11. The topological polar surface area (TPSA) is 193 Å². The molecular formula is C19H36FN5O6. The van der Waals surface area contributed by atoms with E-state index in [9.17, 15) is 10.2 Å². The number of rotatable bonds is 6. The summed E-state index contributed by atoms with van der Waals surface area (Å²) in [5.74, 6) is 0.514. The van der Waals surface area contributed by atoms with Gasteiger partial charge in [0.25, 0.3) is 0 Å². The zero-order valence-corrected chi connectivity index (χ0v) is 17.9. The summed E-state index contributed by atoms with van der Waals surface area (Å²) in [5, 5.41) is 23.8. The van der Waals surface area contributed by atoms with E-state index in [0.717, 1.165) is 0 Å². The smallest absolute Gasteiger partial charge is 0.215 e. The molecule has 11 atom stereocenters. The second-order valence-corrected chi connectivity index (χ2v) is 8.76. The highest BCUT2D eigenvalue weighted by Crippen LogP contribution is 2.32. The highest BCUT2D eigenvalue weighted by molar-refractivity contribution is 5.04. The van der Waals surface area contributed by atoms with Gasteiger partial charge in [0.05, 0.1) is 25.2 Å². The van der Waals surface area contributed by atoms with Crippen molar-refractivity contribution in [2.24, 2.45) is 22.9 Å². The minimum atomic E-state index is -1.73. The molecule has 3 aliphatic rings. The van der Waals surface area contributed by atoms with E-state index in [2.05, 4.69) is 5.32 Å². The first kappa shape index (κ1) is 24.7. The lowest BCUT2D eigenvalue weighted by Gasteiger charge is -2.47. The monoisotopic (exact) mass is 449 g/mol. The van der Waals surface area contributed by atoms with E-state index in [1.165, 1.54) is 6.92 Å². The summed E-state index contributed by atoms with van der Waals surface area (Å²) in [5.41, 5.74) is 22.6. The number of alkyl halides is 1. The molecule has 2 aliphatic heterocycles. The van der Waals surface area contributed by atoms with Crippen LogP contribution in [0.2, 0.25) is 0 Å². The molecule has 0 bridgehead atoms. The molecule has 12 heteroatoms. The minimum Gasteiger partial charge on any atom is -0.467 e. The predicted molar refractivity (Wildman–Crippen MR) is 109 cm³/mol. The number of halogens is 1. The maximum atomic E-state index is 15.5. The van der Waals surface area contributed by atoms with Crippen LogP contribution in [0.4, 0.5) is 4.39 Å². The van der Waals surface area contributed by atoms with Crippen LogP contribution in [0, 0.1) is 0 Å². The number of aliphatic hydroxyl groups excluding tert-OH is 1. The third kappa shape index (κ3) is 5.19. The van der Waals surface area contributed by atoms with Crippen LogP contribution in [0.25, 0.3) is 0 Å². The largest absolute Gasteiger partial charge is 0.467 e. The van der Waals surface area contributed by atoms with Gasteiger partial charge in [-0.1, -0.05) is 0 Å². The fraction of sp³-hybridized carbons (Fsp3) is 0.895. The molecule has 3 rings (SSSR count). The van der Waals surface area contributed by atoms with Crippen molar-refractivity contribution < 1.29 is 33.6 Å². The minimum absolute atomic E-state index is 0.114. The van der Waals surface area contributed by atoms with Gasteiger partial charge >= 0.3 is 0 Å². The van der Waals surface area contributed by atoms with E-state index in [1.807, 2.05) is 0 Å². The molecule has 0 aromatic heterocycles. The summed E-state index contributed by atoms with van der Waals surface area (Å²) in [6.45, 7) is 1.59. The molecule has 1 aliphatic carbocycles. The highest BCUT2D eigenvalue weighted by Gasteiger charge is 2.51. The molecule has 11 nitrogen and oxygen atoms in total. The van der Waals surface area contributed by atoms with Crippen molar-refractivity contribution in [3.05, 3.63) is 11.8 Å². The van der Waals surface area contributed by atoms with Crippen molar-refractivity contribution in [3.8, 4) is 0 Å². The summed E-state index contributed by atoms with van der Waals surface area (Å²) in [4.78, 5) is 0. The average molecular weight is 450 g/mol.